The van der Waals surface area contributed by atoms with Crippen molar-refractivity contribution in [2.24, 2.45) is 5.92 Å². The quantitative estimate of drug-likeness (QED) is 0.651. The Kier molecular flexibility index (Phi) is 7.41. The summed E-state index contributed by atoms with van der Waals surface area (Å²) in [6.07, 6.45) is 2.64. The van der Waals surface area contributed by atoms with Crippen LogP contribution in [0.15, 0.2) is 42.5 Å². The molecular weight excluding hydrogens is 372 g/mol. The summed E-state index contributed by atoms with van der Waals surface area (Å²) in [5.74, 6) is 1.50. The monoisotopic (exact) mass is 408 g/mol. The Hall–Kier alpha value is -2.49. The Morgan fingerprint density at radius 3 is 2.37 bits per heavy atom. The van der Waals surface area contributed by atoms with E-state index >= 15 is 0 Å². The molecular formula is C26H36N2O2. The minimum Gasteiger partial charge on any atom is -0.481 e. The van der Waals surface area contributed by atoms with Crippen LogP contribution in [0.4, 0.5) is 5.69 Å². The van der Waals surface area contributed by atoms with Crippen LogP contribution in [0.3, 0.4) is 0 Å². The van der Waals surface area contributed by atoms with Crippen molar-refractivity contribution in [1.29, 1.82) is 0 Å². The molecule has 2 aromatic rings. The van der Waals surface area contributed by atoms with Gasteiger partial charge in [0.15, 0.2) is 6.10 Å². The minimum absolute atomic E-state index is 0.0645. The fourth-order valence-electron chi connectivity index (χ4n) is 3.90. The van der Waals surface area contributed by atoms with E-state index in [1.807, 2.05) is 32.0 Å². The number of anilines is 1. The van der Waals surface area contributed by atoms with Crippen LogP contribution in [0, 0.1) is 19.8 Å². The molecule has 2 aromatic carbocycles. The number of carbonyl (C=O) groups excluding carboxylic acids is 1. The average Bonchev–Trinajstić information content (AvgIpc) is 2.75. The number of benzene rings is 2. The number of carbonyl (C=O) groups is 1. The zero-order valence-corrected chi connectivity index (χ0v) is 19.1. The summed E-state index contributed by atoms with van der Waals surface area (Å²) in [6, 6.07) is 14.5. The predicted molar refractivity (Wildman–Crippen MR) is 124 cm³/mol. The van der Waals surface area contributed by atoms with Gasteiger partial charge in [-0.1, -0.05) is 32.0 Å². The van der Waals surface area contributed by atoms with Crippen LogP contribution in [-0.4, -0.2) is 25.1 Å². The molecule has 162 valence electrons. The first kappa shape index (κ1) is 22.2. The molecule has 2 atom stereocenters. The maximum absolute atomic E-state index is 12.8. The van der Waals surface area contributed by atoms with E-state index in [-0.39, 0.29) is 11.9 Å². The average molecular weight is 409 g/mol. The smallest absolute Gasteiger partial charge is 0.261 e. The standard InChI is InChI=1S/C26H36N2O2/c1-6-25(30-24-12-7-19(3)20(4)17-24)26(29)27-21(5)22-8-10-23(11-9-22)28-15-13-18(2)14-16-28/h7-12,17-18,21,25H,6,13-16H2,1-5H3,(H,27,29)/t21-,25+/m0/s1. The second-order valence-electron chi connectivity index (χ2n) is 8.75. The number of aryl methyl sites for hydroxylation is 2. The minimum atomic E-state index is -0.496. The highest BCUT2D eigenvalue weighted by Crippen LogP contribution is 2.25. The number of rotatable bonds is 7. The van der Waals surface area contributed by atoms with Gasteiger partial charge in [0.1, 0.15) is 5.75 Å². The third kappa shape index (κ3) is 5.56. The first-order chi connectivity index (χ1) is 14.4. The Bertz CT molecular complexity index is 839. The van der Waals surface area contributed by atoms with Gasteiger partial charge >= 0.3 is 0 Å². The molecule has 30 heavy (non-hydrogen) atoms. The van der Waals surface area contributed by atoms with E-state index in [9.17, 15) is 4.79 Å². The zero-order chi connectivity index (χ0) is 21.7. The van der Waals surface area contributed by atoms with E-state index in [0.717, 1.165) is 30.3 Å². The van der Waals surface area contributed by atoms with E-state index < -0.39 is 6.10 Å². The summed E-state index contributed by atoms with van der Waals surface area (Å²) in [7, 11) is 0. The predicted octanol–water partition coefficient (Wildman–Crippen LogP) is 5.57. The van der Waals surface area contributed by atoms with Crippen LogP contribution in [0.1, 0.15) is 62.8 Å². The van der Waals surface area contributed by atoms with Gasteiger partial charge in [0, 0.05) is 18.8 Å². The van der Waals surface area contributed by atoms with Crippen LogP contribution >= 0.6 is 0 Å². The number of amides is 1. The van der Waals surface area contributed by atoms with Gasteiger partial charge in [0.2, 0.25) is 0 Å². The Morgan fingerprint density at radius 2 is 1.77 bits per heavy atom. The SMILES string of the molecule is CC[C@@H](Oc1ccc(C)c(C)c1)C(=O)N[C@@H](C)c1ccc(N2CCC(C)CC2)cc1. The molecule has 1 fully saturated rings. The van der Waals surface area contributed by atoms with Crippen molar-refractivity contribution in [2.75, 3.05) is 18.0 Å². The van der Waals surface area contributed by atoms with Crippen LogP contribution in [0.2, 0.25) is 0 Å². The number of hydrogen-bond donors (Lipinski definition) is 1. The van der Waals surface area contributed by atoms with E-state index in [0.29, 0.717) is 6.42 Å². The van der Waals surface area contributed by atoms with E-state index in [4.69, 9.17) is 4.74 Å². The molecule has 0 aliphatic carbocycles. The molecule has 0 unspecified atom stereocenters. The summed E-state index contributed by atoms with van der Waals surface area (Å²) in [6.45, 7) is 12.7. The van der Waals surface area contributed by atoms with Gasteiger partial charge in [-0.05, 0) is 86.9 Å². The van der Waals surface area contributed by atoms with Crippen LogP contribution in [0.5, 0.6) is 5.75 Å². The molecule has 0 spiro atoms. The van der Waals surface area contributed by atoms with Crippen molar-refractivity contribution in [3.63, 3.8) is 0 Å². The fraction of sp³-hybridized carbons (Fsp3) is 0.500. The van der Waals surface area contributed by atoms with Gasteiger partial charge in [-0.25, -0.2) is 0 Å². The third-order valence-corrected chi connectivity index (χ3v) is 6.32. The van der Waals surface area contributed by atoms with Crippen molar-refractivity contribution < 1.29 is 9.53 Å². The molecule has 3 rings (SSSR count). The Morgan fingerprint density at radius 1 is 1.10 bits per heavy atom. The lowest BCUT2D eigenvalue weighted by molar-refractivity contribution is -0.128. The maximum Gasteiger partial charge on any atom is 0.261 e. The first-order valence-corrected chi connectivity index (χ1v) is 11.3. The van der Waals surface area contributed by atoms with Crippen molar-refractivity contribution in [3.05, 3.63) is 59.2 Å². The summed E-state index contributed by atoms with van der Waals surface area (Å²) in [4.78, 5) is 15.3. The number of nitrogens with zero attached hydrogens (tertiary/aromatic N) is 1. The molecule has 1 heterocycles. The molecule has 0 aromatic heterocycles. The lowest BCUT2D eigenvalue weighted by atomic mass is 9.98. The van der Waals surface area contributed by atoms with Crippen molar-refractivity contribution in [3.8, 4) is 5.75 Å². The molecule has 0 radical (unpaired) electrons. The Labute approximate surface area is 181 Å². The number of piperidine rings is 1. The van der Waals surface area contributed by atoms with Gasteiger partial charge in [0.25, 0.3) is 5.91 Å². The normalized spacial score (nSPS) is 16.8. The third-order valence-electron chi connectivity index (χ3n) is 6.32. The second kappa shape index (κ2) is 10.0. The lowest BCUT2D eigenvalue weighted by Crippen LogP contribution is -2.39. The largest absolute Gasteiger partial charge is 0.481 e. The number of ether oxygens (including phenoxy) is 1. The first-order valence-electron chi connectivity index (χ1n) is 11.3. The molecule has 1 saturated heterocycles. The van der Waals surface area contributed by atoms with Crippen LogP contribution in [0.25, 0.3) is 0 Å². The van der Waals surface area contributed by atoms with E-state index in [1.165, 1.54) is 29.7 Å². The molecule has 1 aliphatic heterocycles. The molecule has 1 amide bonds. The maximum atomic E-state index is 12.8. The zero-order valence-electron chi connectivity index (χ0n) is 19.1. The van der Waals surface area contributed by atoms with Gasteiger partial charge in [-0.15, -0.1) is 0 Å². The molecule has 0 saturated carbocycles. The lowest BCUT2D eigenvalue weighted by Gasteiger charge is -2.32. The summed E-state index contributed by atoms with van der Waals surface area (Å²) >= 11 is 0. The highest BCUT2D eigenvalue weighted by Gasteiger charge is 2.21. The Balaban J connectivity index is 1.58. The second-order valence-corrected chi connectivity index (χ2v) is 8.75. The van der Waals surface area contributed by atoms with Gasteiger partial charge in [0.05, 0.1) is 6.04 Å². The summed E-state index contributed by atoms with van der Waals surface area (Å²) in [5, 5.41) is 3.12. The van der Waals surface area contributed by atoms with E-state index in [1.54, 1.807) is 0 Å². The highest BCUT2D eigenvalue weighted by molar-refractivity contribution is 5.81. The topological polar surface area (TPSA) is 41.6 Å². The molecule has 1 N–H and O–H groups in total. The molecule has 1 aliphatic rings. The van der Waals surface area contributed by atoms with E-state index in [2.05, 4.69) is 55.3 Å². The van der Waals surface area contributed by atoms with Gasteiger partial charge in [-0.2, -0.15) is 0 Å². The number of hydrogen-bond acceptors (Lipinski definition) is 3. The van der Waals surface area contributed by atoms with Crippen molar-refractivity contribution in [2.45, 2.75) is 66.0 Å². The van der Waals surface area contributed by atoms with Crippen molar-refractivity contribution >= 4 is 11.6 Å². The fourth-order valence-corrected chi connectivity index (χ4v) is 3.90. The summed E-state index contributed by atoms with van der Waals surface area (Å²) < 4.78 is 5.99. The molecule has 0 bridgehead atoms. The van der Waals surface area contributed by atoms with Gasteiger partial charge in [-0.3, -0.25) is 4.79 Å². The molecule has 4 heteroatoms. The highest BCUT2D eigenvalue weighted by atomic mass is 16.5. The number of nitrogens with one attached hydrogen (secondary N) is 1. The molecule has 4 nitrogen and oxygen atoms in total. The summed E-state index contributed by atoms with van der Waals surface area (Å²) in [5.41, 5.74) is 4.77. The van der Waals surface area contributed by atoms with Crippen molar-refractivity contribution in [1.82, 2.24) is 5.32 Å². The van der Waals surface area contributed by atoms with Gasteiger partial charge < -0.3 is 15.0 Å². The van der Waals surface area contributed by atoms with Crippen LogP contribution < -0.4 is 15.0 Å². The van der Waals surface area contributed by atoms with Crippen LogP contribution in [-0.2, 0) is 4.79 Å².